The van der Waals surface area contributed by atoms with Gasteiger partial charge in [0.1, 0.15) is 0 Å². The predicted octanol–water partition coefficient (Wildman–Crippen LogP) is -0.759. The van der Waals surface area contributed by atoms with Crippen LogP contribution >= 0.6 is 0 Å². The summed E-state index contributed by atoms with van der Waals surface area (Å²) in [5.41, 5.74) is 2.04. The molecule has 12 heavy (non-hydrogen) atoms. The monoisotopic (exact) mass is 193 g/mol. The average molecular weight is 193 g/mol. The van der Waals surface area contributed by atoms with Gasteiger partial charge < -0.3 is 0 Å². The Bertz CT molecular complexity index is 291. The van der Waals surface area contributed by atoms with E-state index in [0.717, 1.165) is 6.26 Å². The SMILES string of the molecule is CONC(=O)C1(S(C)(=O)=O)CC1. The molecule has 1 aliphatic rings. The summed E-state index contributed by atoms with van der Waals surface area (Å²) in [6.45, 7) is 0. The molecule has 0 bridgehead atoms. The van der Waals surface area contributed by atoms with Crippen molar-refractivity contribution in [2.75, 3.05) is 13.4 Å². The molecule has 1 N–H and O–H groups in total. The van der Waals surface area contributed by atoms with Crippen molar-refractivity contribution in [2.45, 2.75) is 17.6 Å². The molecule has 1 amide bonds. The Morgan fingerprint density at radius 2 is 2.00 bits per heavy atom. The van der Waals surface area contributed by atoms with Gasteiger partial charge in [-0.2, -0.15) is 0 Å². The van der Waals surface area contributed by atoms with Crippen molar-refractivity contribution in [1.29, 1.82) is 0 Å². The van der Waals surface area contributed by atoms with Crippen LogP contribution in [0.15, 0.2) is 0 Å². The molecule has 1 fully saturated rings. The third-order valence-corrected chi connectivity index (χ3v) is 4.04. The third kappa shape index (κ3) is 1.32. The molecule has 1 aliphatic carbocycles. The fourth-order valence-corrected chi connectivity index (χ4v) is 2.29. The van der Waals surface area contributed by atoms with Gasteiger partial charge in [-0.25, -0.2) is 13.9 Å². The minimum Gasteiger partial charge on any atom is -0.277 e. The molecule has 0 aromatic rings. The van der Waals surface area contributed by atoms with E-state index in [4.69, 9.17) is 0 Å². The van der Waals surface area contributed by atoms with Crippen molar-refractivity contribution in [2.24, 2.45) is 0 Å². The zero-order valence-corrected chi connectivity index (χ0v) is 7.77. The fraction of sp³-hybridized carbons (Fsp3) is 0.833. The standard InChI is InChI=1S/C6H11NO4S/c1-11-7-5(8)6(3-4-6)12(2,9)10/h3-4H2,1-2H3,(H,7,8). The quantitative estimate of drug-likeness (QED) is 0.598. The Labute approximate surface area is 71.0 Å². The molecular weight excluding hydrogens is 182 g/mol. The van der Waals surface area contributed by atoms with Crippen LogP contribution in [0.1, 0.15) is 12.8 Å². The maximum atomic E-state index is 11.2. The van der Waals surface area contributed by atoms with Gasteiger partial charge in [0.25, 0.3) is 5.91 Å². The van der Waals surface area contributed by atoms with Gasteiger partial charge in [-0.3, -0.25) is 9.63 Å². The van der Waals surface area contributed by atoms with Crippen molar-refractivity contribution in [1.82, 2.24) is 5.48 Å². The van der Waals surface area contributed by atoms with Crippen LogP contribution in [0.3, 0.4) is 0 Å². The van der Waals surface area contributed by atoms with Gasteiger partial charge in [0.15, 0.2) is 14.6 Å². The Kier molecular flexibility index (Phi) is 2.13. The van der Waals surface area contributed by atoms with Gasteiger partial charge in [-0.1, -0.05) is 0 Å². The number of carbonyl (C=O) groups excluding carboxylic acids is 1. The highest BCUT2D eigenvalue weighted by atomic mass is 32.2. The second-order valence-electron chi connectivity index (χ2n) is 2.90. The molecule has 5 nitrogen and oxygen atoms in total. The van der Waals surface area contributed by atoms with E-state index >= 15 is 0 Å². The fourth-order valence-electron chi connectivity index (χ4n) is 1.07. The highest BCUT2D eigenvalue weighted by Crippen LogP contribution is 2.43. The second-order valence-corrected chi connectivity index (χ2v) is 5.23. The van der Waals surface area contributed by atoms with Crippen molar-refractivity contribution in [3.8, 4) is 0 Å². The molecule has 0 spiro atoms. The lowest BCUT2D eigenvalue weighted by molar-refractivity contribution is -0.131. The number of nitrogens with one attached hydrogen (secondary N) is 1. The van der Waals surface area contributed by atoms with Crippen LogP contribution in [0.25, 0.3) is 0 Å². The van der Waals surface area contributed by atoms with E-state index < -0.39 is 20.5 Å². The molecule has 0 radical (unpaired) electrons. The van der Waals surface area contributed by atoms with Gasteiger partial charge in [0, 0.05) is 6.26 Å². The van der Waals surface area contributed by atoms with E-state index in [1.165, 1.54) is 7.11 Å². The molecule has 1 saturated carbocycles. The number of hydroxylamine groups is 1. The predicted molar refractivity (Wildman–Crippen MR) is 42.0 cm³/mol. The zero-order chi connectivity index (χ0) is 9.41. The lowest BCUT2D eigenvalue weighted by Crippen LogP contribution is -2.40. The highest BCUT2D eigenvalue weighted by Gasteiger charge is 2.58. The first-order chi connectivity index (χ1) is 5.44. The average Bonchev–Trinajstić information content (AvgIpc) is 2.63. The first-order valence-electron chi connectivity index (χ1n) is 3.47. The summed E-state index contributed by atoms with van der Waals surface area (Å²) >= 11 is 0. The van der Waals surface area contributed by atoms with Crippen LogP contribution in [0, 0.1) is 0 Å². The molecule has 6 heteroatoms. The number of sulfone groups is 1. The summed E-state index contributed by atoms with van der Waals surface area (Å²) in [5.74, 6) is -0.562. The minimum absolute atomic E-state index is 0.390. The van der Waals surface area contributed by atoms with Crippen LogP contribution in [-0.2, 0) is 19.5 Å². The summed E-state index contributed by atoms with van der Waals surface area (Å²) < 4.78 is 21.0. The van der Waals surface area contributed by atoms with Crippen molar-refractivity contribution < 1.29 is 18.0 Å². The molecule has 0 aromatic carbocycles. The van der Waals surface area contributed by atoms with Crippen LogP contribution < -0.4 is 5.48 Å². The first-order valence-corrected chi connectivity index (χ1v) is 5.36. The second kappa shape index (κ2) is 2.70. The lowest BCUT2D eigenvalue weighted by atomic mass is 10.4. The molecule has 0 heterocycles. The maximum absolute atomic E-state index is 11.2. The van der Waals surface area contributed by atoms with E-state index in [0.29, 0.717) is 12.8 Å². The van der Waals surface area contributed by atoms with Gasteiger partial charge in [-0.05, 0) is 12.8 Å². The maximum Gasteiger partial charge on any atom is 0.264 e. The van der Waals surface area contributed by atoms with E-state index in [9.17, 15) is 13.2 Å². The van der Waals surface area contributed by atoms with E-state index in [2.05, 4.69) is 4.84 Å². The number of amides is 1. The van der Waals surface area contributed by atoms with Gasteiger partial charge in [0.2, 0.25) is 0 Å². The molecular formula is C6H11NO4S. The van der Waals surface area contributed by atoms with Crippen molar-refractivity contribution >= 4 is 15.7 Å². The zero-order valence-electron chi connectivity index (χ0n) is 6.96. The normalized spacial score (nSPS) is 20.2. The van der Waals surface area contributed by atoms with Crippen LogP contribution in [0.4, 0.5) is 0 Å². The summed E-state index contributed by atoms with van der Waals surface area (Å²) in [6, 6.07) is 0. The van der Waals surface area contributed by atoms with E-state index in [1.54, 1.807) is 0 Å². The highest BCUT2D eigenvalue weighted by molar-refractivity contribution is 7.93. The molecule has 0 atom stereocenters. The number of carbonyl (C=O) groups is 1. The van der Waals surface area contributed by atoms with E-state index in [1.807, 2.05) is 5.48 Å². The van der Waals surface area contributed by atoms with Crippen LogP contribution in [0.5, 0.6) is 0 Å². The van der Waals surface area contributed by atoms with Gasteiger partial charge in [0.05, 0.1) is 7.11 Å². The topological polar surface area (TPSA) is 72.5 Å². The van der Waals surface area contributed by atoms with Crippen LogP contribution in [0.2, 0.25) is 0 Å². The molecule has 0 aromatic heterocycles. The number of hydrogen-bond acceptors (Lipinski definition) is 4. The largest absolute Gasteiger partial charge is 0.277 e. The number of rotatable bonds is 3. The molecule has 70 valence electrons. The Morgan fingerprint density at radius 1 is 1.50 bits per heavy atom. The molecule has 1 rings (SSSR count). The first kappa shape index (κ1) is 9.47. The molecule has 0 aliphatic heterocycles. The van der Waals surface area contributed by atoms with Gasteiger partial charge >= 0.3 is 0 Å². The number of hydrogen-bond donors (Lipinski definition) is 1. The Balaban J connectivity index is 2.81. The van der Waals surface area contributed by atoms with Crippen LogP contribution in [-0.4, -0.2) is 32.4 Å². The Hall–Kier alpha value is -0.620. The van der Waals surface area contributed by atoms with E-state index in [-0.39, 0.29) is 0 Å². The summed E-state index contributed by atoms with van der Waals surface area (Å²) in [5, 5.41) is 0. The van der Waals surface area contributed by atoms with Gasteiger partial charge in [-0.15, -0.1) is 0 Å². The lowest BCUT2D eigenvalue weighted by Gasteiger charge is -2.10. The summed E-state index contributed by atoms with van der Waals surface area (Å²) in [7, 11) is -2.03. The smallest absolute Gasteiger partial charge is 0.264 e. The summed E-state index contributed by atoms with van der Waals surface area (Å²) in [6.07, 6.45) is 1.84. The van der Waals surface area contributed by atoms with Crippen molar-refractivity contribution in [3.63, 3.8) is 0 Å². The summed E-state index contributed by atoms with van der Waals surface area (Å²) in [4.78, 5) is 15.5. The van der Waals surface area contributed by atoms with Crippen molar-refractivity contribution in [3.05, 3.63) is 0 Å². The molecule has 0 saturated heterocycles. The third-order valence-electron chi connectivity index (χ3n) is 2.02. The Morgan fingerprint density at radius 3 is 2.25 bits per heavy atom. The minimum atomic E-state index is -3.30. The molecule has 0 unspecified atom stereocenters.